The lowest BCUT2D eigenvalue weighted by Gasteiger charge is -2.27. The Labute approximate surface area is 103 Å². The van der Waals surface area contributed by atoms with E-state index in [1.54, 1.807) is 4.90 Å². The SMILES string of the molecule is Cc1cc2n(n1)CCN(C(=O)Cn1cnnn1)C2. The minimum atomic E-state index is 0.0207. The first-order chi connectivity index (χ1) is 8.72. The first-order valence-corrected chi connectivity index (χ1v) is 5.74. The summed E-state index contributed by atoms with van der Waals surface area (Å²) in [5.74, 6) is 0.0207. The van der Waals surface area contributed by atoms with Crippen molar-refractivity contribution < 1.29 is 4.79 Å². The van der Waals surface area contributed by atoms with Crippen LogP contribution in [0.15, 0.2) is 12.4 Å². The Balaban J connectivity index is 1.70. The summed E-state index contributed by atoms with van der Waals surface area (Å²) in [5, 5.41) is 15.1. The molecule has 1 amide bonds. The van der Waals surface area contributed by atoms with Gasteiger partial charge in [-0.1, -0.05) is 0 Å². The van der Waals surface area contributed by atoms with Gasteiger partial charge in [-0.25, -0.2) is 4.68 Å². The maximum Gasteiger partial charge on any atom is 0.244 e. The van der Waals surface area contributed by atoms with Gasteiger partial charge >= 0.3 is 0 Å². The van der Waals surface area contributed by atoms with Gasteiger partial charge in [0.15, 0.2) is 0 Å². The molecule has 0 atom stereocenters. The average molecular weight is 247 g/mol. The number of carbonyl (C=O) groups is 1. The van der Waals surface area contributed by atoms with Crippen LogP contribution in [0.1, 0.15) is 11.4 Å². The number of hydrogen-bond acceptors (Lipinski definition) is 5. The molecule has 2 aromatic rings. The van der Waals surface area contributed by atoms with Crippen LogP contribution in [0.2, 0.25) is 0 Å². The summed E-state index contributed by atoms with van der Waals surface area (Å²) in [6.45, 7) is 4.15. The minimum absolute atomic E-state index is 0.0207. The Morgan fingerprint density at radius 1 is 1.44 bits per heavy atom. The molecule has 94 valence electrons. The molecular formula is C10H13N7O. The maximum absolute atomic E-state index is 12.1. The Kier molecular flexibility index (Phi) is 2.54. The van der Waals surface area contributed by atoms with Crippen LogP contribution < -0.4 is 0 Å². The molecule has 0 aliphatic carbocycles. The van der Waals surface area contributed by atoms with Gasteiger partial charge in [-0.05, 0) is 23.4 Å². The molecule has 18 heavy (non-hydrogen) atoms. The maximum atomic E-state index is 12.1. The molecule has 8 heteroatoms. The molecule has 0 radical (unpaired) electrons. The van der Waals surface area contributed by atoms with E-state index in [1.807, 2.05) is 17.7 Å². The molecule has 0 bridgehead atoms. The van der Waals surface area contributed by atoms with E-state index in [1.165, 1.54) is 11.0 Å². The normalized spacial score (nSPS) is 14.6. The Bertz CT molecular complexity index is 559. The van der Waals surface area contributed by atoms with Crippen molar-refractivity contribution in [1.29, 1.82) is 0 Å². The monoisotopic (exact) mass is 247 g/mol. The number of amides is 1. The highest BCUT2D eigenvalue weighted by Gasteiger charge is 2.21. The van der Waals surface area contributed by atoms with Gasteiger partial charge in [0.2, 0.25) is 5.91 Å². The average Bonchev–Trinajstić information content (AvgIpc) is 2.95. The number of aryl methyl sites for hydroxylation is 1. The lowest BCUT2D eigenvalue weighted by atomic mass is 10.3. The van der Waals surface area contributed by atoms with E-state index in [9.17, 15) is 4.79 Å². The molecule has 0 saturated carbocycles. The van der Waals surface area contributed by atoms with E-state index >= 15 is 0 Å². The summed E-state index contributed by atoms with van der Waals surface area (Å²) >= 11 is 0. The number of aromatic nitrogens is 6. The molecule has 0 unspecified atom stereocenters. The van der Waals surface area contributed by atoms with Crippen molar-refractivity contribution in [1.82, 2.24) is 34.9 Å². The predicted octanol–water partition coefficient (Wildman–Crippen LogP) is -0.780. The van der Waals surface area contributed by atoms with Gasteiger partial charge < -0.3 is 4.90 Å². The van der Waals surface area contributed by atoms with Crippen LogP contribution in [-0.2, 0) is 24.4 Å². The summed E-state index contributed by atoms with van der Waals surface area (Å²) in [6, 6.07) is 2.01. The van der Waals surface area contributed by atoms with Crippen LogP contribution in [-0.4, -0.2) is 47.3 Å². The van der Waals surface area contributed by atoms with E-state index in [2.05, 4.69) is 20.6 Å². The third-order valence-corrected chi connectivity index (χ3v) is 2.96. The Morgan fingerprint density at radius 3 is 3.11 bits per heavy atom. The molecule has 8 nitrogen and oxygen atoms in total. The molecule has 0 fully saturated rings. The fraction of sp³-hybridized carbons (Fsp3) is 0.500. The first-order valence-electron chi connectivity index (χ1n) is 5.74. The predicted molar refractivity (Wildman–Crippen MR) is 60.2 cm³/mol. The quantitative estimate of drug-likeness (QED) is 0.695. The lowest BCUT2D eigenvalue weighted by Crippen LogP contribution is -2.40. The molecule has 1 aliphatic heterocycles. The van der Waals surface area contributed by atoms with E-state index in [0.29, 0.717) is 13.1 Å². The van der Waals surface area contributed by atoms with Gasteiger partial charge in [-0.3, -0.25) is 9.48 Å². The van der Waals surface area contributed by atoms with Crippen molar-refractivity contribution in [2.45, 2.75) is 26.6 Å². The van der Waals surface area contributed by atoms with Crippen LogP contribution in [0, 0.1) is 6.92 Å². The van der Waals surface area contributed by atoms with Gasteiger partial charge in [0, 0.05) is 6.54 Å². The molecule has 2 aromatic heterocycles. The Morgan fingerprint density at radius 2 is 2.33 bits per heavy atom. The van der Waals surface area contributed by atoms with Crippen molar-refractivity contribution in [3.05, 3.63) is 23.8 Å². The fourth-order valence-corrected chi connectivity index (χ4v) is 2.11. The van der Waals surface area contributed by atoms with Crippen LogP contribution in [0.5, 0.6) is 0 Å². The van der Waals surface area contributed by atoms with Crippen LogP contribution in [0.4, 0.5) is 0 Å². The molecule has 3 heterocycles. The highest BCUT2D eigenvalue weighted by molar-refractivity contribution is 5.75. The third kappa shape index (κ3) is 1.96. The van der Waals surface area contributed by atoms with Gasteiger partial charge in [-0.2, -0.15) is 5.10 Å². The number of fused-ring (bicyclic) bond motifs is 1. The standard InChI is InChI=1S/C10H13N7O/c1-8-4-9-5-15(2-3-17(9)12-8)10(18)6-16-7-11-13-14-16/h4,7H,2-3,5-6H2,1H3. The second-order valence-electron chi connectivity index (χ2n) is 4.32. The minimum Gasteiger partial charge on any atom is -0.333 e. The molecule has 0 saturated heterocycles. The van der Waals surface area contributed by atoms with Crippen LogP contribution >= 0.6 is 0 Å². The van der Waals surface area contributed by atoms with Gasteiger partial charge in [-0.15, -0.1) is 5.10 Å². The lowest BCUT2D eigenvalue weighted by molar-refractivity contribution is -0.133. The second-order valence-corrected chi connectivity index (χ2v) is 4.32. The molecule has 0 spiro atoms. The summed E-state index contributed by atoms with van der Waals surface area (Å²) in [6.07, 6.45) is 1.44. The number of nitrogens with zero attached hydrogens (tertiary/aromatic N) is 7. The van der Waals surface area contributed by atoms with Crippen molar-refractivity contribution >= 4 is 5.91 Å². The highest BCUT2D eigenvalue weighted by Crippen LogP contribution is 2.13. The van der Waals surface area contributed by atoms with Gasteiger partial charge in [0.25, 0.3) is 0 Å². The van der Waals surface area contributed by atoms with Crippen molar-refractivity contribution in [2.24, 2.45) is 0 Å². The zero-order valence-corrected chi connectivity index (χ0v) is 10.0. The number of hydrogen-bond donors (Lipinski definition) is 0. The highest BCUT2D eigenvalue weighted by atomic mass is 16.2. The topological polar surface area (TPSA) is 81.7 Å². The zero-order chi connectivity index (χ0) is 12.5. The summed E-state index contributed by atoms with van der Waals surface area (Å²) in [4.78, 5) is 13.9. The van der Waals surface area contributed by atoms with E-state index in [0.717, 1.165) is 17.9 Å². The first kappa shape index (κ1) is 10.9. The summed E-state index contributed by atoms with van der Waals surface area (Å²) in [5.41, 5.74) is 2.06. The molecular weight excluding hydrogens is 234 g/mol. The van der Waals surface area contributed by atoms with E-state index < -0.39 is 0 Å². The van der Waals surface area contributed by atoms with Crippen LogP contribution in [0.3, 0.4) is 0 Å². The molecule has 0 aromatic carbocycles. The molecule has 0 N–H and O–H groups in total. The zero-order valence-electron chi connectivity index (χ0n) is 10.0. The third-order valence-electron chi connectivity index (χ3n) is 2.96. The number of tetrazole rings is 1. The van der Waals surface area contributed by atoms with Crippen LogP contribution in [0.25, 0.3) is 0 Å². The van der Waals surface area contributed by atoms with E-state index in [4.69, 9.17) is 0 Å². The second kappa shape index (κ2) is 4.21. The van der Waals surface area contributed by atoms with Crippen molar-refractivity contribution in [2.75, 3.05) is 6.54 Å². The van der Waals surface area contributed by atoms with E-state index in [-0.39, 0.29) is 12.5 Å². The molecule has 3 rings (SSSR count). The molecule has 1 aliphatic rings. The number of carbonyl (C=O) groups excluding carboxylic acids is 1. The summed E-state index contributed by atoms with van der Waals surface area (Å²) in [7, 11) is 0. The van der Waals surface area contributed by atoms with Gasteiger partial charge in [0.05, 0.1) is 24.5 Å². The summed E-state index contributed by atoms with van der Waals surface area (Å²) < 4.78 is 3.38. The van der Waals surface area contributed by atoms with Crippen molar-refractivity contribution in [3.63, 3.8) is 0 Å². The van der Waals surface area contributed by atoms with Gasteiger partial charge in [0.1, 0.15) is 12.9 Å². The fourth-order valence-electron chi connectivity index (χ4n) is 2.11. The van der Waals surface area contributed by atoms with Crippen molar-refractivity contribution in [3.8, 4) is 0 Å². The Hall–Kier alpha value is -2.25. The smallest absolute Gasteiger partial charge is 0.244 e. The number of rotatable bonds is 2. The largest absolute Gasteiger partial charge is 0.333 e.